The van der Waals surface area contributed by atoms with Gasteiger partial charge in [0.1, 0.15) is 11.6 Å². The lowest BCUT2D eigenvalue weighted by atomic mass is 10.3. The van der Waals surface area contributed by atoms with Gasteiger partial charge in [-0.1, -0.05) is 0 Å². The van der Waals surface area contributed by atoms with E-state index in [0.29, 0.717) is 6.54 Å². The van der Waals surface area contributed by atoms with Crippen molar-refractivity contribution in [1.29, 1.82) is 0 Å². The SMILES string of the molecule is CCN(CC)c1ccc(NCc2cnco2)cn1. The molecule has 2 aromatic rings. The lowest BCUT2D eigenvalue weighted by Gasteiger charge is -2.19. The first-order valence-corrected chi connectivity index (χ1v) is 6.15. The molecule has 0 aliphatic heterocycles. The number of pyridine rings is 1. The molecule has 1 N–H and O–H groups in total. The smallest absolute Gasteiger partial charge is 0.180 e. The van der Waals surface area contributed by atoms with Crippen molar-refractivity contribution in [1.82, 2.24) is 9.97 Å². The fraction of sp³-hybridized carbons (Fsp3) is 0.385. The molecule has 0 saturated carbocycles. The van der Waals surface area contributed by atoms with E-state index in [0.717, 1.165) is 30.4 Å². The van der Waals surface area contributed by atoms with E-state index in [-0.39, 0.29) is 0 Å². The average molecular weight is 246 g/mol. The highest BCUT2D eigenvalue weighted by Gasteiger charge is 2.03. The van der Waals surface area contributed by atoms with Crippen LogP contribution in [-0.2, 0) is 6.54 Å². The Morgan fingerprint density at radius 2 is 2.06 bits per heavy atom. The summed E-state index contributed by atoms with van der Waals surface area (Å²) in [5.41, 5.74) is 0.974. The van der Waals surface area contributed by atoms with Crippen LogP contribution in [0.25, 0.3) is 0 Å². The Kier molecular flexibility index (Phi) is 4.17. The fourth-order valence-electron chi connectivity index (χ4n) is 1.74. The van der Waals surface area contributed by atoms with Crippen molar-refractivity contribution in [3.8, 4) is 0 Å². The molecule has 0 amide bonds. The third-order valence-electron chi connectivity index (χ3n) is 2.79. The number of anilines is 2. The minimum Gasteiger partial charge on any atom is -0.447 e. The van der Waals surface area contributed by atoms with Crippen molar-refractivity contribution in [3.63, 3.8) is 0 Å². The van der Waals surface area contributed by atoms with Gasteiger partial charge in [-0.15, -0.1) is 0 Å². The Bertz CT molecular complexity index is 448. The predicted octanol–water partition coefficient (Wildman–Crippen LogP) is 2.53. The van der Waals surface area contributed by atoms with Crippen LogP contribution >= 0.6 is 0 Å². The van der Waals surface area contributed by atoms with Crippen molar-refractivity contribution in [2.75, 3.05) is 23.3 Å². The third-order valence-corrected chi connectivity index (χ3v) is 2.79. The summed E-state index contributed by atoms with van der Waals surface area (Å²) in [5.74, 6) is 1.81. The molecule has 0 fully saturated rings. The van der Waals surface area contributed by atoms with Crippen LogP contribution in [0.2, 0.25) is 0 Å². The monoisotopic (exact) mass is 246 g/mol. The molecule has 0 atom stereocenters. The Hall–Kier alpha value is -2.04. The van der Waals surface area contributed by atoms with E-state index in [4.69, 9.17) is 4.42 Å². The van der Waals surface area contributed by atoms with Crippen LogP contribution in [0.3, 0.4) is 0 Å². The second kappa shape index (κ2) is 6.05. The molecule has 0 spiro atoms. The van der Waals surface area contributed by atoms with E-state index >= 15 is 0 Å². The first-order valence-electron chi connectivity index (χ1n) is 6.15. The van der Waals surface area contributed by atoms with E-state index in [1.807, 2.05) is 18.3 Å². The van der Waals surface area contributed by atoms with E-state index in [9.17, 15) is 0 Å². The van der Waals surface area contributed by atoms with Gasteiger partial charge in [-0.25, -0.2) is 9.97 Å². The standard InChI is InChI=1S/C13H18N4O/c1-3-17(4-2)13-6-5-11(7-16-13)15-9-12-8-14-10-18-12/h5-8,10,15H,3-4,9H2,1-2H3. The number of rotatable bonds is 6. The van der Waals surface area contributed by atoms with Crippen LogP contribution in [0.15, 0.2) is 35.3 Å². The number of hydrogen-bond donors (Lipinski definition) is 1. The van der Waals surface area contributed by atoms with Gasteiger partial charge in [-0.3, -0.25) is 0 Å². The molecule has 0 saturated heterocycles. The van der Waals surface area contributed by atoms with Crippen molar-refractivity contribution in [2.45, 2.75) is 20.4 Å². The normalized spacial score (nSPS) is 10.3. The Balaban J connectivity index is 1.95. The van der Waals surface area contributed by atoms with Crippen molar-refractivity contribution < 1.29 is 4.42 Å². The van der Waals surface area contributed by atoms with Gasteiger partial charge in [0.2, 0.25) is 0 Å². The molecule has 96 valence electrons. The van der Waals surface area contributed by atoms with E-state index in [1.165, 1.54) is 6.39 Å². The van der Waals surface area contributed by atoms with Gasteiger partial charge < -0.3 is 14.6 Å². The molecule has 5 nitrogen and oxygen atoms in total. The van der Waals surface area contributed by atoms with Crippen molar-refractivity contribution in [2.24, 2.45) is 0 Å². The largest absolute Gasteiger partial charge is 0.447 e. The molecule has 0 radical (unpaired) electrons. The molecule has 0 unspecified atom stereocenters. The maximum Gasteiger partial charge on any atom is 0.180 e. The minimum atomic E-state index is 0.617. The summed E-state index contributed by atoms with van der Waals surface area (Å²) >= 11 is 0. The Morgan fingerprint density at radius 1 is 1.22 bits per heavy atom. The summed E-state index contributed by atoms with van der Waals surface area (Å²) in [6, 6.07) is 4.05. The lowest BCUT2D eigenvalue weighted by Crippen LogP contribution is -2.22. The molecule has 18 heavy (non-hydrogen) atoms. The maximum absolute atomic E-state index is 5.15. The van der Waals surface area contributed by atoms with Gasteiger partial charge in [0, 0.05) is 13.1 Å². The average Bonchev–Trinajstić information content (AvgIpc) is 2.92. The quantitative estimate of drug-likeness (QED) is 0.848. The number of nitrogens with one attached hydrogen (secondary N) is 1. The van der Waals surface area contributed by atoms with E-state index < -0.39 is 0 Å². The lowest BCUT2D eigenvalue weighted by molar-refractivity contribution is 0.511. The van der Waals surface area contributed by atoms with Crippen LogP contribution < -0.4 is 10.2 Å². The second-order valence-corrected chi connectivity index (χ2v) is 3.90. The molecular formula is C13H18N4O. The van der Waals surface area contributed by atoms with Gasteiger partial charge in [0.05, 0.1) is 24.6 Å². The molecule has 0 aliphatic rings. The summed E-state index contributed by atoms with van der Waals surface area (Å²) in [6.07, 6.45) is 4.97. The number of aromatic nitrogens is 2. The number of nitrogens with zero attached hydrogens (tertiary/aromatic N) is 3. The highest BCUT2D eigenvalue weighted by molar-refractivity contribution is 5.48. The molecular weight excluding hydrogens is 228 g/mol. The summed E-state index contributed by atoms with van der Waals surface area (Å²) in [4.78, 5) is 10.5. The predicted molar refractivity (Wildman–Crippen MR) is 71.6 cm³/mol. The van der Waals surface area contributed by atoms with Crippen LogP contribution in [0.5, 0.6) is 0 Å². The Labute approximate surface area is 107 Å². The summed E-state index contributed by atoms with van der Waals surface area (Å²) < 4.78 is 5.15. The fourth-order valence-corrected chi connectivity index (χ4v) is 1.74. The molecule has 2 aromatic heterocycles. The topological polar surface area (TPSA) is 54.2 Å². The minimum absolute atomic E-state index is 0.617. The van der Waals surface area contributed by atoms with Crippen molar-refractivity contribution >= 4 is 11.5 Å². The Morgan fingerprint density at radius 3 is 2.61 bits per heavy atom. The van der Waals surface area contributed by atoms with Crippen LogP contribution in [0.4, 0.5) is 11.5 Å². The molecule has 5 heteroatoms. The van der Waals surface area contributed by atoms with Gasteiger partial charge >= 0.3 is 0 Å². The van der Waals surface area contributed by atoms with E-state index in [2.05, 4.69) is 34.0 Å². The first-order chi connectivity index (χ1) is 8.83. The summed E-state index contributed by atoms with van der Waals surface area (Å²) in [7, 11) is 0. The third kappa shape index (κ3) is 3.00. The van der Waals surface area contributed by atoms with Crippen LogP contribution in [0.1, 0.15) is 19.6 Å². The molecule has 0 bridgehead atoms. The zero-order chi connectivity index (χ0) is 12.8. The number of hydrogen-bond acceptors (Lipinski definition) is 5. The zero-order valence-corrected chi connectivity index (χ0v) is 10.8. The summed E-state index contributed by atoms with van der Waals surface area (Å²) in [6.45, 7) is 6.80. The van der Waals surface area contributed by atoms with Gasteiger partial charge in [0.15, 0.2) is 6.39 Å². The molecule has 0 aliphatic carbocycles. The zero-order valence-electron chi connectivity index (χ0n) is 10.8. The van der Waals surface area contributed by atoms with Gasteiger partial charge in [0.25, 0.3) is 0 Å². The van der Waals surface area contributed by atoms with Crippen molar-refractivity contribution in [3.05, 3.63) is 36.7 Å². The molecule has 2 heterocycles. The highest BCUT2D eigenvalue weighted by atomic mass is 16.3. The summed E-state index contributed by atoms with van der Waals surface area (Å²) in [5, 5.41) is 3.23. The maximum atomic E-state index is 5.15. The molecule has 0 aromatic carbocycles. The van der Waals surface area contributed by atoms with Crippen LogP contribution in [-0.4, -0.2) is 23.1 Å². The second-order valence-electron chi connectivity index (χ2n) is 3.90. The van der Waals surface area contributed by atoms with E-state index in [1.54, 1.807) is 6.20 Å². The highest BCUT2D eigenvalue weighted by Crippen LogP contribution is 2.14. The molecule has 2 rings (SSSR count). The van der Waals surface area contributed by atoms with Gasteiger partial charge in [-0.05, 0) is 26.0 Å². The first kappa shape index (κ1) is 12.4. The number of oxazole rings is 1. The van der Waals surface area contributed by atoms with Gasteiger partial charge in [-0.2, -0.15) is 0 Å². The van der Waals surface area contributed by atoms with Crippen LogP contribution in [0, 0.1) is 0 Å².